The van der Waals surface area contributed by atoms with Gasteiger partial charge in [0.15, 0.2) is 0 Å². The van der Waals surface area contributed by atoms with Gasteiger partial charge in [0.2, 0.25) is 11.8 Å². The highest BCUT2D eigenvalue weighted by atomic mass is 16.5. The van der Waals surface area contributed by atoms with E-state index in [1.54, 1.807) is 4.90 Å². The first-order valence-electron chi connectivity index (χ1n) is 7.41. The fourth-order valence-corrected chi connectivity index (χ4v) is 2.68. The van der Waals surface area contributed by atoms with Gasteiger partial charge in [-0.1, -0.05) is 0 Å². The van der Waals surface area contributed by atoms with Crippen molar-refractivity contribution in [3.63, 3.8) is 0 Å². The van der Waals surface area contributed by atoms with E-state index in [1.165, 1.54) is 7.11 Å². The van der Waals surface area contributed by atoms with Crippen LogP contribution in [-0.2, 0) is 14.3 Å². The second-order valence-electron chi connectivity index (χ2n) is 5.86. The molecule has 2 aliphatic rings. The molecule has 1 unspecified atom stereocenters. The Morgan fingerprint density at radius 2 is 1.95 bits per heavy atom. The molecule has 0 bridgehead atoms. The van der Waals surface area contributed by atoms with Crippen LogP contribution in [0, 0.1) is 5.92 Å². The predicted octanol–water partition coefficient (Wildman–Crippen LogP) is -0.133. The lowest BCUT2D eigenvalue weighted by Gasteiger charge is -2.32. The zero-order chi connectivity index (χ0) is 14.5. The van der Waals surface area contributed by atoms with E-state index in [0.29, 0.717) is 25.4 Å². The number of hydrogen-bond acceptors (Lipinski definition) is 4. The number of nitrogens with two attached hydrogens (primary N) is 1. The molecule has 114 valence electrons. The second-order valence-corrected chi connectivity index (χ2v) is 5.86. The van der Waals surface area contributed by atoms with E-state index < -0.39 is 0 Å². The average Bonchev–Trinajstić information content (AvgIpc) is 3.24. The van der Waals surface area contributed by atoms with Gasteiger partial charge in [-0.3, -0.25) is 9.59 Å². The van der Waals surface area contributed by atoms with Crippen LogP contribution in [0.2, 0.25) is 0 Å². The lowest BCUT2D eigenvalue weighted by atomic mass is 10.0. The molecule has 6 nitrogen and oxygen atoms in total. The maximum Gasteiger partial charge on any atom is 0.248 e. The molecule has 1 aliphatic heterocycles. The highest BCUT2D eigenvalue weighted by Gasteiger charge is 2.30. The molecule has 2 rings (SSSR count). The molecule has 0 aromatic heterocycles. The van der Waals surface area contributed by atoms with Crippen molar-refractivity contribution >= 4 is 11.8 Å². The first kappa shape index (κ1) is 15.3. The van der Waals surface area contributed by atoms with Crippen LogP contribution in [0.15, 0.2) is 0 Å². The lowest BCUT2D eigenvalue weighted by molar-refractivity contribution is -0.136. The number of ether oxygens (including phenoxy) is 1. The van der Waals surface area contributed by atoms with Crippen molar-refractivity contribution in [2.24, 2.45) is 11.7 Å². The SMILES string of the molecule is COCC(=O)N1CCC(NC(=O)CC(N)C2CC2)CC1. The number of nitrogens with zero attached hydrogens (tertiary/aromatic N) is 1. The van der Waals surface area contributed by atoms with E-state index in [2.05, 4.69) is 5.32 Å². The van der Waals surface area contributed by atoms with Gasteiger partial charge in [-0.15, -0.1) is 0 Å². The highest BCUT2D eigenvalue weighted by molar-refractivity contribution is 5.78. The van der Waals surface area contributed by atoms with Crippen molar-refractivity contribution < 1.29 is 14.3 Å². The summed E-state index contributed by atoms with van der Waals surface area (Å²) >= 11 is 0. The number of carbonyl (C=O) groups excluding carboxylic acids is 2. The Labute approximate surface area is 120 Å². The molecule has 6 heteroatoms. The maximum atomic E-state index is 11.9. The van der Waals surface area contributed by atoms with E-state index in [1.807, 2.05) is 0 Å². The smallest absolute Gasteiger partial charge is 0.248 e. The highest BCUT2D eigenvalue weighted by Crippen LogP contribution is 2.32. The Bertz CT molecular complexity index is 350. The molecule has 2 amide bonds. The molecule has 1 atom stereocenters. The average molecular weight is 283 g/mol. The number of rotatable bonds is 6. The first-order chi connectivity index (χ1) is 9.60. The summed E-state index contributed by atoms with van der Waals surface area (Å²) < 4.78 is 4.85. The summed E-state index contributed by atoms with van der Waals surface area (Å²) in [7, 11) is 1.52. The van der Waals surface area contributed by atoms with Crippen LogP contribution < -0.4 is 11.1 Å². The van der Waals surface area contributed by atoms with Gasteiger partial charge in [-0.2, -0.15) is 0 Å². The van der Waals surface area contributed by atoms with Crippen molar-refractivity contribution in [3.05, 3.63) is 0 Å². The molecule has 0 aromatic carbocycles. The number of likely N-dealkylation sites (tertiary alicyclic amines) is 1. The molecule has 1 saturated heterocycles. The van der Waals surface area contributed by atoms with Crippen molar-refractivity contribution in [2.75, 3.05) is 26.8 Å². The van der Waals surface area contributed by atoms with Crippen LogP contribution in [-0.4, -0.2) is 55.6 Å². The summed E-state index contributed by atoms with van der Waals surface area (Å²) in [5.74, 6) is 0.619. The summed E-state index contributed by atoms with van der Waals surface area (Å²) in [6, 6.07) is 0.180. The van der Waals surface area contributed by atoms with Crippen LogP contribution in [0.1, 0.15) is 32.1 Å². The third kappa shape index (κ3) is 4.45. The fourth-order valence-electron chi connectivity index (χ4n) is 2.68. The Morgan fingerprint density at radius 1 is 1.30 bits per heavy atom. The minimum atomic E-state index is 0.0124. The summed E-state index contributed by atoms with van der Waals surface area (Å²) in [6.45, 7) is 1.50. The monoisotopic (exact) mass is 283 g/mol. The van der Waals surface area contributed by atoms with Crippen LogP contribution in [0.25, 0.3) is 0 Å². The van der Waals surface area contributed by atoms with Gasteiger partial charge < -0.3 is 20.7 Å². The third-order valence-electron chi connectivity index (χ3n) is 4.13. The number of nitrogens with one attached hydrogen (secondary N) is 1. The topological polar surface area (TPSA) is 84.7 Å². The van der Waals surface area contributed by atoms with Crippen molar-refractivity contribution in [2.45, 2.75) is 44.2 Å². The maximum absolute atomic E-state index is 11.9. The van der Waals surface area contributed by atoms with Gasteiger partial charge in [0, 0.05) is 38.7 Å². The van der Waals surface area contributed by atoms with Gasteiger partial charge in [0.1, 0.15) is 6.61 Å². The van der Waals surface area contributed by atoms with E-state index >= 15 is 0 Å². The van der Waals surface area contributed by atoms with Gasteiger partial charge in [-0.25, -0.2) is 0 Å². The Hall–Kier alpha value is -1.14. The van der Waals surface area contributed by atoms with Crippen molar-refractivity contribution in [1.29, 1.82) is 0 Å². The zero-order valence-corrected chi connectivity index (χ0v) is 12.1. The Morgan fingerprint density at radius 3 is 2.50 bits per heavy atom. The van der Waals surface area contributed by atoms with Crippen molar-refractivity contribution in [1.82, 2.24) is 10.2 Å². The lowest BCUT2D eigenvalue weighted by Crippen LogP contribution is -2.48. The Balaban J connectivity index is 1.65. The number of methoxy groups -OCH3 is 1. The number of hydrogen-bond donors (Lipinski definition) is 2. The summed E-state index contributed by atoms with van der Waals surface area (Å²) in [5, 5.41) is 3.04. The minimum absolute atomic E-state index is 0.0124. The fraction of sp³-hybridized carbons (Fsp3) is 0.857. The van der Waals surface area contributed by atoms with Crippen LogP contribution in [0.3, 0.4) is 0 Å². The van der Waals surface area contributed by atoms with E-state index in [-0.39, 0.29) is 30.5 Å². The molecule has 20 heavy (non-hydrogen) atoms. The predicted molar refractivity (Wildman–Crippen MR) is 74.9 cm³/mol. The molecule has 0 aromatic rings. The van der Waals surface area contributed by atoms with E-state index in [9.17, 15) is 9.59 Å². The summed E-state index contributed by atoms with van der Waals surface area (Å²) in [5.41, 5.74) is 5.95. The zero-order valence-electron chi connectivity index (χ0n) is 12.1. The quantitative estimate of drug-likeness (QED) is 0.711. The third-order valence-corrected chi connectivity index (χ3v) is 4.13. The van der Waals surface area contributed by atoms with Crippen LogP contribution >= 0.6 is 0 Å². The molecule has 0 radical (unpaired) electrons. The van der Waals surface area contributed by atoms with Gasteiger partial charge >= 0.3 is 0 Å². The summed E-state index contributed by atoms with van der Waals surface area (Å²) in [6.07, 6.45) is 4.36. The molecule has 1 aliphatic carbocycles. The Kier molecular flexibility index (Phi) is 5.37. The molecule has 3 N–H and O–H groups in total. The largest absolute Gasteiger partial charge is 0.375 e. The normalized spacial score (nSPS) is 21.6. The molecule has 2 fully saturated rings. The second kappa shape index (κ2) is 7.04. The molecule has 0 spiro atoms. The molecular weight excluding hydrogens is 258 g/mol. The minimum Gasteiger partial charge on any atom is -0.375 e. The first-order valence-corrected chi connectivity index (χ1v) is 7.41. The number of piperidine rings is 1. The standard InChI is InChI=1S/C14H25N3O3/c1-20-9-14(19)17-6-4-11(5-7-17)16-13(18)8-12(15)10-2-3-10/h10-12H,2-9,15H2,1H3,(H,16,18). The van der Waals surface area contributed by atoms with Gasteiger partial charge in [0.05, 0.1) is 0 Å². The number of carbonyl (C=O) groups is 2. The summed E-state index contributed by atoms with van der Waals surface area (Å²) in [4.78, 5) is 25.3. The van der Waals surface area contributed by atoms with Crippen molar-refractivity contribution in [3.8, 4) is 0 Å². The van der Waals surface area contributed by atoms with Gasteiger partial charge in [-0.05, 0) is 31.6 Å². The molecule has 1 heterocycles. The van der Waals surface area contributed by atoms with Crippen LogP contribution in [0.4, 0.5) is 0 Å². The van der Waals surface area contributed by atoms with Crippen LogP contribution in [0.5, 0.6) is 0 Å². The molecular formula is C14H25N3O3. The van der Waals surface area contributed by atoms with E-state index in [0.717, 1.165) is 25.7 Å². The van der Waals surface area contributed by atoms with E-state index in [4.69, 9.17) is 10.5 Å². The number of amides is 2. The molecule has 1 saturated carbocycles. The van der Waals surface area contributed by atoms with Gasteiger partial charge in [0.25, 0.3) is 0 Å².